The molecule has 1 fully saturated rings. The lowest BCUT2D eigenvalue weighted by Gasteiger charge is -2.33. The fourth-order valence-electron chi connectivity index (χ4n) is 5.56. The molecule has 41 heavy (non-hydrogen) atoms. The van der Waals surface area contributed by atoms with Crippen LogP contribution in [-0.2, 0) is 16.1 Å². The highest BCUT2D eigenvalue weighted by atomic mass is 35.5. The Hall–Kier alpha value is -3.09. The van der Waals surface area contributed by atoms with Crippen LogP contribution >= 0.6 is 23.2 Å². The Kier molecular flexibility index (Phi) is 9.84. The Balaban J connectivity index is 1.22. The predicted octanol–water partition coefficient (Wildman–Crippen LogP) is 7.39. The molecule has 0 aromatic heterocycles. The standard InChI is InChI=1S/C34H36Cl2N2O3/c1-23-27(4-3-24-9-14-31(21-32(23)24)41-20-19-40-2)22-38-17-15-30(16-18-38)37-34(39)33(25-5-10-28(35)11-6-25)26-7-12-29(36)13-8-26/h3-14,21,30,33H,15-20,22H2,1-2H3,(H,37,39). The summed E-state index contributed by atoms with van der Waals surface area (Å²) in [5.74, 6) is 0.440. The average molecular weight is 592 g/mol. The van der Waals surface area contributed by atoms with Crippen molar-refractivity contribution in [3.63, 3.8) is 0 Å². The number of hydrogen-bond acceptors (Lipinski definition) is 4. The minimum atomic E-state index is -0.425. The van der Waals surface area contributed by atoms with Crippen molar-refractivity contribution in [2.75, 3.05) is 33.4 Å². The third-order valence-corrected chi connectivity index (χ3v) is 8.43. The number of hydrogen-bond donors (Lipinski definition) is 1. The van der Waals surface area contributed by atoms with Crippen LogP contribution in [0.5, 0.6) is 5.75 Å². The van der Waals surface area contributed by atoms with Gasteiger partial charge in [-0.05, 0) is 89.2 Å². The van der Waals surface area contributed by atoms with Crippen LogP contribution in [0.15, 0.2) is 78.9 Å². The molecule has 5 rings (SSSR count). The molecule has 5 nitrogen and oxygen atoms in total. The van der Waals surface area contributed by atoms with Crippen molar-refractivity contribution in [2.24, 2.45) is 0 Å². The smallest absolute Gasteiger partial charge is 0.232 e. The minimum Gasteiger partial charge on any atom is -0.491 e. The largest absolute Gasteiger partial charge is 0.491 e. The molecule has 1 saturated heterocycles. The van der Waals surface area contributed by atoms with Gasteiger partial charge in [0.25, 0.3) is 0 Å². The molecular formula is C34H36Cl2N2O3. The number of ether oxygens (including phenoxy) is 2. The predicted molar refractivity (Wildman–Crippen MR) is 167 cm³/mol. The second-order valence-electron chi connectivity index (χ2n) is 10.7. The number of rotatable bonds is 10. The summed E-state index contributed by atoms with van der Waals surface area (Å²) in [5.41, 5.74) is 4.42. The molecule has 0 atom stereocenters. The first kappa shape index (κ1) is 29.4. The molecule has 0 radical (unpaired) electrons. The first-order valence-electron chi connectivity index (χ1n) is 14.1. The van der Waals surface area contributed by atoms with E-state index in [-0.39, 0.29) is 11.9 Å². The van der Waals surface area contributed by atoms with E-state index in [1.54, 1.807) is 7.11 Å². The molecule has 4 aromatic rings. The highest BCUT2D eigenvalue weighted by Gasteiger charge is 2.27. The van der Waals surface area contributed by atoms with E-state index in [4.69, 9.17) is 32.7 Å². The van der Waals surface area contributed by atoms with E-state index in [9.17, 15) is 4.79 Å². The van der Waals surface area contributed by atoms with E-state index in [0.717, 1.165) is 49.4 Å². The van der Waals surface area contributed by atoms with Crippen LogP contribution in [0.2, 0.25) is 10.0 Å². The molecule has 1 heterocycles. The van der Waals surface area contributed by atoms with Crippen LogP contribution in [0.25, 0.3) is 10.8 Å². The molecule has 0 unspecified atom stereocenters. The van der Waals surface area contributed by atoms with E-state index < -0.39 is 5.92 Å². The fourth-order valence-corrected chi connectivity index (χ4v) is 5.82. The Labute approximate surface area is 252 Å². The molecule has 1 aliphatic rings. The van der Waals surface area contributed by atoms with Crippen molar-refractivity contribution in [1.29, 1.82) is 0 Å². The number of carbonyl (C=O) groups excluding carboxylic acids is 1. The van der Waals surface area contributed by atoms with Gasteiger partial charge in [-0.2, -0.15) is 0 Å². The second kappa shape index (κ2) is 13.7. The normalized spacial score (nSPS) is 14.5. The number of piperidine rings is 1. The summed E-state index contributed by atoms with van der Waals surface area (Å²) in [4.78, 5) is 16.1. The molecule has 1 N–H and O–H groups in total. The monoisotopic (exact) mass is 590 g/mol. The molecule has 0 spiro atoms. The lowest BCUT2D eigenvalue weighted by Crippen LogP contribution is -2.45. The summed E-state index contributed by atoms with van der Waals surface area (Å²) in [7, 11) is 1.68. The zero-order chi connectivity index (χ0) is 28.8. The van der Waals surface area contributed by atoms with Gasteiger partial charge in [-0.3, -0.25) is 9.69 Å². The van der Waals surface area contributed by atoms with Crippen LogP contribution in [0.4, 0.5) is 0 Å². The average Bonchev–Trinajstić information content (AvgIpc) is 2.98. The molecule has 1 amide bonds. The Morgan fingerprint density at radius 2 is 1.51 bits per heavy atom. The number of carbonyl (C=O) groups is 1. The zero-order valence-corrected chi connectivity index (χ0v) is 25.0. The number of amides is 1. The van der Waals surface area contributed by atoms with E-state index >= 15 is 0 Å². The third-order valence-electron chi connectivity index (χ3n) is 7.93. The topological polar surface area (TPSA) is 50.8 Å². The lowest BCUT2D eigenvalue weighted by atomic mass is 9.90. The highest BCUT2D eigenvalue weighted by molar-refractivity contribution is 6.30. The van der Waals surface area contributed by atoms with Crippen LogP contribution in [0, 0.1) is 6.92 Å². The molecule has 7 heteroatoms. The van der Waals surface area contributed by atoms with Crippen molar-refractivity contribution in [3.8, 4) is 5.75 Å². The number of fused-ring (bicyclic) bond motifs is 1. The van der Waals surface area contributed by atoms with Gasteiger partial charge in [-0.25, -0.2) is 0 Å². The van der Waals surface area contributed by atoms with Crippen molar-refractivity contribution in [3.05, 3.63) is 111 Å². The maximum absolute atomic E-state index is 13.6. The van der Waals surface area contributed by atoms with Crippen molar-refractivity contribution >= 4 is 39.9 Å². The highest BCUT2D eigenvalue weighted by Crippen LogP contribution is 2.30. The molecule has 0 saturated carbocycles. The number of aryl methyl sites for hydroxylation is 1. The van der Waals surface area contributed by atoms with Crippen molar-refractivity contribution in [1.82, 2.24) is 10.2 Å². The molecule has 1 aliphatic heterocycles. The summed E-state index contributed by atoms with van der Waals surface area (Å²) in [6, 6.07) is 25.8. The van der Waals surface area contributed by atoms with Crippen molar-refractivity contribution < 1.29 is 14.3 Å². The lowest BCUT2D eigenvalue weighted by molar-refractivity contribution is -0.122. The zero-order valence-electron chi connectivity index (χ0n) is 23.5. The van der Waals surface area contributed by atoms with E-state index in [1.165, 1.54) is 21.9 Å². The molecule has 214 valence electrons. The van der Waals surface area contributed by atoms with Crippen LogP contribution in [0.3, 0.4) is 0 Å². The van der Waals surface area contributed by atoms with Gasteiger partial charge in [0.05, 0.1) is 12.5 Å². The van der Waals surface area contributed by atoms with Gasteiger partial charge in [-0.15, -0.1) is 0 Å². The van der Waals surface area contributed by atoms with E-state index in [2.05, 4.69) is 41.4 Å². The maximum Gasteiger partial charge on any atom is 0.232 e. The Bertz CT molecular complexity index is 1420. The van der Waals surface area contributed by atoms with Crippen LogP contribution in [0.1, 0.15) is 41.0 Å². The third kappa shape index (κ3) is 7.41. The van der Waals surface area contributed by atoms with Gasteiger partial charge >= 0.3 is 0 Å². The number of likely N-dealkylation sites (tertiary alicyclic amines) is 1. The summed E-state index contributed by atoms with van der Waals surface area (Å²) in [6.07, 6.45) is 1.81. The number of halogens is 2. The van der Waals surface area contributed by atoms with Gasteiger partial charge in [0.15, 0.2) is 0 Å². The number of nitrogens with zero attached hydrogens (tertiary/aromatic N) is 1. The summed E-state index contributed by atoms with van der Waals surface area (Å²) >= 11 is 12.3. The van der Waals surface area contributed by atoms with Gasteiger partial charge in [0.1, 0.15) is 12.4 Å². The van der Waals surface area contributed by atoms with Gasteiger partial charge in [0.2, 0.25) is 5.91 Å². The van der Waals surface area contributed by atoms with Gasteiger partial charge < -0.3 is 14.8 Å². The second-order valence-corrected chi connectivity index (χ2v) is 11.5. The maximum atomic E-state index is 13.6. The van der Waals surface area contributed by atoms with E-state index in [0.29, 0.717) is 23.3 Å². The first-order chi connectivity index (χ1) is 19.9. The van der Waals surface area contributed by atoms with Gasteiger partial charge in [0, 0.05) is 42.8 Å². The van der Waals surface area contributed by atoms with Crippen LogP contribution in [-0.4, -0.2) is 50.3 Å². The molecule has 4 aromatic carbocycles. The quantitative estimate of drug-likeness (QED) is 0.196. The Morgan fingerprint density at radius 1 is 0.902 bits per heavy atom. The minimum absolute atomic E-state index is 0.00184. The number of methoxy groups -OCH3 is 1. The van der Waals surface area contributed by atoms with Crippen molar-refractivity contribution in [2.45, 2.75) is 38.3 Å². The summed E-state index contributed by atoms with van der Waals surface area (Å²) < 4.78 is 10.9. The number of benzene rings is 4. The van der Waals surface area contributed by atoms with E-state index in [1.807, 2.05) is 54.6 Å². The van der Waals surface area contributed by atoms with Gasteiger partial charge in [-0.1, -0.05) is 65.7 Å². The number of nitrogens with one attached hydrogen (secondary N) is 1. The molecule has 0 aliphatic carbocycles. The summed E-state index contributed by atoms with van der Waals surface area (Å²) in [6.45, 7) is 6.03. The first-order valence-corrected chi connectivity index (χ1v) is 14.8. The fraction of sp³-hybridized carbons (Fsp3) is 0.324. The molecule has 0 bridgehead atoms. The Morgan fingerprint density at radius 3 is 2.12 bits per heavy atom. The molecular weight excluding hydrogens is 555 g/mol. The summed E-state index contributed by atoms with van der Waals surface area (Å²) in [5, 5.41) is 7.06. The SMILES string of the molecule is COCCOc1ccc2ccc(CN3CCC(NC(=O)C(c4ccc(Cl)cc4)c4ccc(Cl)cc4)CC3)c(C)c2c1. The van der Waals surface area contributed by atoms with Crippen LogP contribution < -0.4 is 10.1 Å².